The van der Waals surface area contributed by atoms with Crippen LogP contribution in [0.5, 0.6) is 5.75 Å². The van der Waals surface area contributed by atoms with Crippen LogP contribution in [0, 0.1) is 5.92 Å². The Morgan fingerprint density at radius 2 is 2.00 bits per heavy atom. The van der Waals surface area contributed by atoms with Gasteiger partial charge in [0.2, 0.25) is 0 Å². The third kappa shape index (κ3) is 2.45. The summed E-state index contributed by atoms with van der Waals surface area (Å²) in [6, 6.07) is 4.73. The van der Waals surface area contributed by atoms with Gasteiger partial charge in [-0.1, -0.05) is 0 Å². The van der Waals surface area contributed by atoms with Crippen LogP contribution in [0.1, 0.15) is 12.8 Å². The summed E-state index contributed by atoms with van der Waals surface area (Å²) in [5, 5.41) is 9.53. The van der Waals surface area contributed by atoms with E-state index >= 15 is 0 Å². The molecule has 1 aliphatic rings. The van der Waals surface area contributed by atoms with Gasteiger partial charge in [0.05, 0.1) is 22.5 Å². The van der Waals surface area contributed by atoms with E-state index < -0.39 is 9.84 Å². The second-order valence-corrected chi connectivity index (χ2v) is 7.64. The summed E-state index contributed by atoms with van der Waals surface area (Å²) in [6.07, 6.45) is 1.17. The molecule has 1 aromatic carbocycles. The lowest BCUT2D eigenvalue weighted by atomic mass is 10.0. The summed E-state index contributed by atoms with van der Waals surface area (Å²) < 4.78 is 24.4. The number of hydrogen-bond donors (Lipinski definition) is 2. The fourth-order valence-corrected chi connectivity index (χ4v) is 4.29. The number of aromatic nitrogens is 2. The third-order valence-electron chi connectivity index (χ3n) is 3.87. The molecule has 0 saturated carbocycles. The van der Waals surface area contributed by atoms with Crippen LogP contribution < -0.4 is 5.69 Å². The highest BCUT2D eigenvalue weighted by molar-refractivity contribution is 7.91. The van der Waals surface area contributed by atoms with Crippen molar-refractivity contribution in [3.05, 3.63) is 28.7 Å². The minimum absolute atomic E-state index is 0.108. The maximum atomic E-state index is 12.0. The number of imidazole rings is 1. The predicted molar refractivity (Wildman–Crippen MR) is 75.6 cm³/mol. The van der Waals surface area contributed by atoms with E-state index in [1.54, 1.807) is 16.7 Å². The van der Waals surface area contributed by atoms with Crippen molar-refractivity contribution in [3.8, 4) is 5.75 Å². The molecule has 3 rings (SSSR count). The number of sulfone groups is 1. The zero-order valence-electron chi connectivity index (χ0n) is 10.9. The number of H-pyrrole nitrogens is 1. The summed E-state index contributed by atoms with van der Waals surface area (Å²) in [5.74, 6) is 0.675. The molecule has 0 amide bonds. The lowest BCUT2D eigenvalue weighted by Crippen LogP contribution is -2.29. The molecule has 2 heterocycles. The van der Waals surface area contributed by atoms with Crippen molar-refractivity contribution in [3.63, 3.8) is 0 Å². The second kappa shape index (κ2) is 4.66. The summed E-state index contributed by atoms with van der Waals surface area (Å²) in [4.78, 5) is 14.7. The molecule has 7 heteroatoms. The zero-order chi connectivity index (χ0) is 14.3. The SMILES string of the molecule is O=c1[nH]c2ccc(O)cc2n1CC1CCS(=O)(=O)CC1. The number of rotatable bonds is 2. The molecule has 0 radical (unpaired) electrons. The number of nitrogens with zero attached hydrogens (tertiary/aromatic N) is 1. The normalized spacial score (nSPS) is 19.4. The average Bonchev–Trinajstić information content (AvgIpc) is 2.68. The van der Waals surface area contributed by atoms with E-state index in [2.05, 4.69) is 4.98 Å². The van der Waals surface area contributed by atoms with Crippen molar-refractivity contribution < 1.29 is 13.5 Å². The Bertz CT molecular complexity index is 789. The standard InChI is InChI=1S/C13H16N2O4S/c16-10-1-2-11-12(7-10)15(13(17)14-11)8-9-3-5-20(18,19)6-4-9/h1-2,7,9,16H,3-6,8H2,(H,14,17). The maximum absolute atomic E-state index is 12.0. The number of phenolic OH excluding ortho intramolecular Hbond substituents is 1. The van der Waals surface area contributed by atoms with Crippen molar-refractivity contribution >= 4 is 20.9 Å². The Kier molecular flexibility index (Phi) is 3.08. The fourth-order valence-electron chi connectivity index (χ4n) is 2.70. The molecule has 2 N–H and O–H groups in total. The van der Waals surface area contributed by atoms with E-state index in [1.807, 2.05) is 0 Å². The number of aromatic amines is 1. The molecule has 0 unspecified atom stereocenters. The Morgan fingerprint density at radius 3 is 2.70 bits per heavy atom. The van der Waals surface area contributed by atoms with E-state index in [-0.39, 0.29) is 28.9 Å². The summed E-state index contributed by atoms with van der Waals surface area (Å²) in [7, 11) is -2.89. The minimum atomic E-state index is -2.89. The molecule has 1 saturated heterocycles. The van der Waals surface area contributed by atoms with Crippen LogP contribution in [0.2, 0.25) is 0 Å². The van der Waals surface area contributed by atoms with Crippen LogP contribution >= 0.6 is 0 Å². The van der Waals surface area contributed by atoms with Crippen LogP contribution in [0.3, 0.4) is 0 Å². The topological polar surface area (TPSA) is 92.2 Å². The molecule has 20 heavy (non-hydrogen) atoms. The molecule has 0 bridgehead atoms. The van der Waals surface area contributed by atoms with Gasteiger partial charge in [-0.15, -0.1) is 0 Å². The molecule has 0 aliphatic carbocycles. The summed E-state index contributed by atoms with van der Waals surface area (Å²) in [6.45, 7) is 0.484. The van der Waals surface area contributed by atoms with Crippen molar-refractivity contribution in [1.82, 2.24) is 9.55 Å². The molecule has 1 fully saturated rings. The zero-order valence-corrected chi connectivity index (χ0v) is 11.7. The monoisotopic (exact) mass is 296 g/mol. The van der Waals surface area contributed by atoms with E-state index in [0.717, 1.165) is 0 Å². The van der Waals surface area contributed by atoms with E-state index in [0.29, 0.717) is 30.4 Å². The smallest absolute Gasteiger partial charge is 0.326 e. The van der Waals surface area contributed by atoms with Crippen LogP contribution in [0.4, 0.5) is 0 Å². The summed E-state index contributed by atoms with van der Waals surface area (Å²) in [5.41, 5.74) is 1.11. The first-order valence-electron chi connectivity index (χ1n) is 6.56. The van der Waals surface area contributed by atoms with Gasteiger partial charge in [0.15, 0.2) is 0 Å². The molecular formula is C13H16N2O4S. The Labute approximate surface area is 116 Å². The van der Waals surface area contributed by atoms with Gasteiger partial charge in [0.25, 0.3) is 0 Å². The van der Waals surface area contributed by atoms with Gasteiger partial charge < -0.3 is 10.1 Å². The average molecular weight is 296 g/mol. The summed E-state index contributed by atoms with van der Waals surface area (Å²) >= 11 is 0. The maximum Gasteiger partial charge on any atom is 0.326 e. The lowest BCUT2D eigenvalue weighted by Gasteiger charge is -2.22. The molecule has 1 aliphatic heterocycles. The number of hydrogen-bond acceptors (Lipinski definition) is 4. The van der Waals surface area contributed by atoms with Gasteiger partial charge in [0, 0.05) is 12.6 Å². The lowest BCUT2D eigenvalue weighted by molar-refractivity contribution is 0.404. The van der Waals surface area contributed by atoms with Crippen LogP contribution in [-0.2, 0) is 16.4 Å². The molecule has 0 spiro atoms. The van der Waals surface area contributed by atoms with Gasteiger partial charge in [-0.3, -0.25) is 4.57 Å². The number of benzene rings is 1. The molecule has 2 aromatic rings. The van der Waals surface area contributed by atoms with Crippen LogP contribution in [0.25, 0.3) is 11.0 Å². The molecule has 108 valence electrons. The quantitative estimate of drug-likeness (QED) is 0.859. The van der Waals surface area contributed by atoms with E-state index in [4.69, 9.17) is 0 Å². The van der Waals surface area contributed by atoms with E-state index in [1.165, 1.54) is 6.07 Å². The predicted octanol–water partition coefficient (Wildman–Crippen LogP) is 0.860. The van der Waals surface area contributed by atoms with Gasteiger partial charge in [0.1, 0.15) is 15.6 Å². The van der Waals surface area contributed by atoms with Crippen LogP contribution in [-0.4, -0.2) is 34.6 Å². The number of aromatic hydroxyl groups is 1. The first-order valence-corrected chi connectivity index (χ1v) is 8.39. The highest BCUT2D eigenvalue weighted by Gasteiger charge is 2.24. The highest BCUT2D eigenvalue weighted by Crippen LogP contribution is 2.23. The highest BCUT2D eigenvalue weighted by atomic mass is 32.2. The Hall–Kier alpha value is -1.76. The first kappa shape index (κ1) is 13.2. The molecular weight excluding hydrogens is 280 g/mol. The largest absolute Gasteiger partial charge is 0.508 e. The van der Waals surface area contributed by atoms with Crippen molar-refractivity contribution in [2.45, 2.75) is 19.4 Å². The number of phenols is 1. The molecule has 0 atom stereocenters. The van der Waals surface area contributed by atoms with Crippen molar-refractivity contribution in [1.29, 1.82) is 0 Å². The third-order valence-corrected chi connectivity index (χ3v) is 5.59. The molecule has 1 aromatic heterocycles. The molecule has 6 nitrogen and oxygen atoms in total. The fraction of sp³-hybridized carbons (Fsp3) is 0.462. The Balaban J connectivity index is 1.90. The first-order chi connectivity index (χ1) is 9.44. The van der Waals surface area contributed by atoms with Crippen LogP contribution in [0.15, 0.2) is 23.0 Å². The number of nitrogens with one attached hydrogen (secondary N) is 1. The van der Waals surface area contributed by atoms with Crippen molar-refractivity contribution in [2.75, 3.05) is 11.5 Å². The van der Waals surface area contributed by atoms with Gasteiger partial charge in [-0.05, 0) is 30.9 Å². The van der Waals surface area contributed by atoms with Crippen molar-refractivity contribution in [2.24, 2.45) is 5.92 Å². The Morgan fingerprint density at radius 1 is 1.30 bits per heavy atom. The van der Waals surface area contributed by atoms with Gasteiger partial charge >= 0.3 is 5.69 Å². The van der Waals surface area contributed by atoms with Gasteiger partial charge in [-0.25, -0.2) is 13.2 Å². The van der Waals surface area contributed by atoms with E-state index in [9.17, 15) is 18.3 Å². The second-order valence-electron chi connectivity index (χ2n) is 5.34. The minimum Gasteiger partial charge on any atom is -0.508 e. The number of fused-ring (bicyclic) bond motifs is 1. The van der Waals surface area contributed by atoms with Gasteiger partial charge in [-0.2, -0.15) is 0 Å².